The Kier molecular flexibility index (Phi) is 4.89. The van der Waals surface area contributed by atoms with Crippen molar-refractivity contribution in [2.45, 2.75) is 70.8 Å². The molecule has 0 atom stereocenters. The van der Waals surface area contributed by atoms with Crippen LogP contribution in [0.1, 0.15) is 64.7 Å². The maximum absolute atomic E-state index is 12.7. The van der Waals surface area contributed by atoms with Gasteiger partial charge in [-0.25, -0.2) is 0 Å². The lowest BCUT2D eigenvalue weighted by molar-refractivity contribution is -0.130. The van der Waals surface area contributed by atoms with Gasteiger partial charge in [-0.2, -0.15) is 0 Å². The van der Waals surface area contributed by atoms with Gasteiger partial charge in [0, 0.05) is 6.04 Å². The predicted octanol–water partition coefficient (Wildman–Crippen LogP) is 2.38. The number of rotatable bonds is 3. The van der Waals surface area contributed by atoms with Crippen molar-refractivity contribution < 1.29 is 10.0 Å². The number of oxime groups is 1. The third-order valence-electron chi connectivity index (χ3n) is 5.09. The van der Waals surface area contributed by atoms with E-state index in [1.807, 2.05) is 0 Å². The van der Waals surface area contributed by atoms with E-state index in [2.05, 4.69) is 17.4 Å². The summed E-state index contributed by atoms with van der Waals surface area (Å²) in [5.41, 5.74) is 5.07. The summed E-state index contributed by atoms with van der Waals surface area (Å²) in [5, 5.41) is 15.3. The van der Waals surface area contributed by atoms with Gasteiger partial charge in [-0.3, -0.25) is 4.79 Å². The molecule has 0 bridgehead atoms. The molecule has 114 valence electrons. The normalized spacial score (nSPS) is 30.8. The van der Waals surface area contributed by atoms with Crippen LogP contribution in [0.2, 0.25) is 0 Å². The molecule has 2 aliphatic rings. The highest BCUT2D eigenvalue weighted by Gasteiger charge is 2.44. The van der Waals surface area contributed by atoms with Gasteiger partial charge in [-0.1, -0.05) is 31.3 Å². The van der Waals surface area contributed by atoms with E-state index in [0.29, 0.717) is 12.8 Å². The first-order valence-electron chi connectivity index (χ1n) is 7.87. The van der Waals surface area contributed by atoms with Crippen LogP contribution in [0.15, 0.2) is 5.16 Å². The molecule has 5 heteroatoms. The molecule has 2 saturated carbocycles. The Hall–Kier alpha value is -1.26. The van der Waals surface area contributed by atoms with E-state index in [1.165, 1.54) is 12.8 Å². The Morgan fingerprint density at radius 2 is 1.80 bits per heavy atom. The Morgan fingerprint density at radius 1 is 1.20 bits per heavy atom. The maximum atomic E-state index is 12.7. The third-order valence-corrected chi connectivity index (χ3v) is 5.09. The van der Waals surface area contributed by atoms with Crippen LogP contribution in [0.5, 0.6) is 0 Å². The Labute approximate surface area is 121 Å². The number of amides is 1. The fraction of sp³-hybridized carbons (Fsp3) is 0.867. The molecule has 0 aliphatic heterocycles. The van der Waals surface area contributed by atoms with E-state index in [-0.39, 0.29) is 17.8 Å². The molecule has 0 aromatic heterocycles. The number of nitrogens with one attached hydrogen (secondary N) is 1. The summed E-state index contributed by atoms with van der Waals surface area (Å²) < 4.78 is 0. The average Bonchev–Trinajstić information content (AvgIpc) is 2.49. The van der Waals surface area contributed by atoms with Crippen LogP contribution >= 0.6 is 0 Å². The van der Waals surface area contributed by atoms with Crippen molar-refractivity contribution in [3.63, 3.8) is 0 Å². The van der Waals surface area contributed by atoms with Gasteiger partial charge >= 0.3 is 0 Å². The molecule has 2 aliphatic carbocycles. The summed E-state index contributed by atoms with van der Waals surface area (Å²) in [6.07, 6.45) is 8.85. The van der Waals surface area contributed by atoms with Gasteiger partial charge in [0.25, 0.3) is 0 Å². The molecule has 5 nitrogen and oxygen atoms in total. The summed E-state index contributed by atoms with van der Waals surface area (Å²) >= 11 is 0. The summed E-state index contributed by atoms with van der Waals surface area (Å²) in [5.74, 6) is 0.807. The smallest absolute Gasteiger partial charge is 0.234 e. The number of nitrogens with zero attached hydrogens (tertiary/aromatic N) is 1. The highest BCUT2D eigenvalue weighted by Crippen LogP contribution is 2.37. The molecule has 0 heterocycles. The van der Waals surface area contributed by atoms with Crippen molar-refractivity contribution in [1.29, 1.82) is 0 Å². The minimum absolute atomic E-state index is 0.0351. The van der Waals surface area contributed by atoms with Gasteiger partial charge in [0.2, 0.25) is 5.91 Å². The Morgan fingerprint density at radius 3 is 2.35 bits per heavy atom. The Balaban J connectivity index is 2.03. The van der Waals surface area contributed by atoms with Gasteiger partial charge in [-0.05, 0) is 44.4 Å². The second-order valence-electron chi connectivity index (χ2n) is 6.56. The van der Waals surface area contributed by atoms with Crippen molar-refractivity contribution in [2.75, 3.05) is 0 Å². The summed E-state index contributed by atoms with van der Waals surface area (Å²) in [4.78, 5) is 12.7. The van der Waals surface area contributed by atoms with Crippen LogP contribution in [-0.4, -0.2) is 23.0 Å². The summed E-state index contributed by atoms with van der Waals surface area (Å²) in [6, 6.07) is 0.254. The lowest BCUT2D eigenvalue weighted by Gasteiger charge is -2.37. The molecule has 0 unspecified atom stereocenters. The van der Waals surface area contributed by atoms with Gasteiger partial charge < -0.3 is 16.3 Å². The molecule has 0 aromatic carbocycles. The van der Waals surface area contributed by atoms with Gasteiger partial charge in [0.05, 0.1) is 0 Å². The fourth-order valence-corrected chi connectivity index (χ4v) is 3.58. The van der Waals surface area contributed by atoms with Gasteiger partial charge in [0.15, 0.2) is 5.84 Å². The van der Waals surface area contributed by atoms with Crippen molar-refractivity contribution >= 4 is 11.7 Å². The molecule has 2 fully saturated rings. The molecule has 1 amide bonds. The summed E-state index contributed by atoms with van der Waals surface area (Å²) in [6.45, 7) is 2.26. The van der Waals surface area contributed by atoms with Crippen molar-refractivity contribution in [3.8, 4) is 0 Å². The summed E-state index contributed by atoms with van der Waals surface area (Å²) in [7, 11) is 0. The van der Waals surface area contributed by atoms with Crippen LogP contribution in [-0.2, 0) is 4.79 Å². The number of hydrogen-bond donors (Lipinski definition) is 3. The van der Waals surface area contributed by atoms with Crippen molar-refractivity contribution in [1.82, 2.24) is 5.32 Å². The minimum atomic E-state index is -0.782. The standard InChI is InChI=1S/C15H27N3O2/c1-11-5-7-12(8-6-11)17-14(19)15(13(16)18-20)9-3-2-4-10-15/h11-12,20H,2-10H2,1H3,(H2,16,18)(H,17,19). The number of nitrogens with two attached hydrogens (primary N) is 1. The second-order valence-corrected chi connectivity index (χ2v) is 6.56. The number of hydrogen-bond acceptors (Lipinski definition) is 3. The van der Waals surface area contributed by atoms with Crippen molar-refractivity contribution in [2.24, 2.45) is 22.2 Å². The minimum Gasteiger partial charge on any atom is -0.409 e. The lowest BCUT2D eigenvalue weighted by atomic mass is 9.72. The zero-order valence-corrected chi connectivity index (χ0v) is 12.4. The molecule has 0 aromatic rings. The first kappa shape index (κ1) is 15.1. The molecule has 0 saturated heterocycles. The molecule has 20 heavy (non-hydrogen) atoms. The van der Waals surface area contributed by atoms with E-state index in [1.54, 1.807) is 0 Å². The monoisotopic (exact) mass is 281 g/mol. The number of amidine groups is 1. The van der Waals surface area contributed by atoms with E-state index in [0.717, 1.165) is 38.0 Å². The Bertz CT molecular complexity index is 367. The highest BCUT2D eigenvalue weighted by molar-refractivity contribution is 6.06. The molecule has 0 radical (unpaired) electrons. The maximum Gasteiger partial charge on any atom is 0.234 e. The zero-order valence-electron chi connectivity index (χ0n) is 12.4. The highest BCUT2D eigenvalue weighted by atomic mass is 16.4. The largest absolute Gasteiger partial charge is 0.409 e. The molecule has 4 N–H and O–H groups in total. The van der Waals surface area contributed by atoms with Gasteiger partial charge in [-0.15, -0.1) is 0 Å². The molecule has 2 rings (SSSR count). The predicted molar refractivity (Wildman–Crippen MR) is 78.5 cm³/mol. The van der Waals surface area contributed by atoms with Crippen LogP contribution in [0, 0.1) is 11.3 Å². The first-order valence-corrected chi connectivity index (χ1v) is 7.87. The van der Waals surface area contributed by atoms with E-state index in [9.17, 15) is 4.79 Å². The lowest BCUT2D eigenvalue weighted by Crippen LogP contribution is -2.53. The van der Waals surface area contributed by atoms with E-state index in [4.69, 9.17) is 10.9 Å². The first-order chi connectivity index (χ1) is 9.58. The topological polar surface area (TPSA) is 87.7 Å². The van der Waals surface area contributed by atoms with E-state index >= 15 is 0 Å². The quantitative estimate of drug-likeness (QED) is 0.321. The second kappa shape index (κ2) is 6.46. The SMILES string of the molecule is CC1CCC(NC(=O)C2(C(N)=NO)CCCCC2)CC1. The van der Waals surface area contributed by atoms with Gasteiger partial charge in [0.1, 0.15) is 5.41 Å². The van der Waals surface area contributed by atoms with Crippen molar-refractivity contribution in [3.05, 3.63) is 0 Å². The van der Waals surface area contributed by atoms with Crippen LogP contribution < -0.4 is 11.1 Å². The molecule has 0 spiro atoms. The van der Waals surface area contributed by atoms with Crippen LogP contribution in [0.3, 0.4) is 0 Å². The average molecular weight is 281 g/mol. The van der Waals surface area contributed by atoms with Crippen LogP contribution in [0.4, 0.5) is 0 Å². The molecular weight excluding hydrogens is 254 g/mol. The number of carbonyl (C=O) groups excluding carboxylic acids is 1. The van der Waals surface area contributed by atoms with Crippen LogP contribution in [0.25, 0.3) is 0 Å². The fourth-order valence-electron chi connectivity index (χ4n) is 3.58. The molecular formula is C15H27N3O2. The zero-order chi connectivity index (χ0) is 14.6. The third kappa shape index (κ3) is 3.07. The van der Waals surface area contributed by atoms with E-state index < -0.39 is 5.41 Å². The number of carbonyl (C=O) groups is 1.